The lowest BCUT2D eigenvalue weighted by molar-refractivity contribution is -0.376. The first-order valence-electron chi connectivity index (χ1n) is 6.43. The van der Waals surface area contributed by atoms with Crippen LogP contribution in [0.5, 0.6) is 0 Å². The predicted molar refractivity (Wildman–Crippen MR) is 72.7 cm³/mol. The van der Waals surface area contributed by atoms with Crippen LogP contribution in [0.3, 0.4) is 0 Å². The van der Waals surface area contributed by atoms with Crippen molar-refractivity contribution in [2.75, 3.05) is 19.8 Å². The van der Waals surface area contributed by atoms with Crippen LogP contribution >= 0.6 is 11.6 Å². The summed E-state index contributed by atoms with van der Waals surface area (Å²) in [5.41, 5.74) is 0.405. The molecular weight excluding hydrogens is 271 g/mol. The van der Waals surface area contributed by atoms with E-state index in [4.69, 9.17) is 25.8 Å². The molecule has 0 aliphatic rings. The third-order valence-corrected chi connectivity index (χ3v) is 2.82. The van der Waals surface area contributed by atoms with Crippen molar-refractivity contribution in [2.24, 2.45) is 0 Å². The first-order chi connectivity index (χ1) is 9.08. The Balaban J connectivity index is 3.00. The average Bonchev–Trinajstić information content (AvgIpc) is 2.36. The van der Waals surface area contributed by atoms with E-state index in [-0.39, 0.29) is 11.4 Å². The zero-order chi connectivity index (χ0) is 14.3. The number of halogens is 2. The number of rotatable bonds is 8. The molecule has 0 aromatic heterocycles. The molecule has 1 rings (SSSR count). The number of benzene rings is 1. The largest absolute Gasteiger partial charge is 0.327 e. The van der Waals surface area contributed by atoms with Gasteiger partial charge in [0.25, 0.3) is 5.97 Å². The Morgan fingerprint density at radius 1 is 1.05 bits per heavy atom. The molecule has 0 amide bonds. The second kappa shape index (κ2) is 7.80. The van der Waals surface area contributed by atoms with E-state index in [9.17, 15) is 4.39 Å². The van der Waals surface area contributed by atoms with Crippen molar-refractivity contribution in [1.82, 2.24) is 0 Å². The van der Waals surface area contributed by atoms with Crippen molar-refractivity contribution >= 4 is 11.6 Å². The van der Waals surface area contributed by atoms with Gasteiger partial charge in [-0.2, -0.15) is 0 Å². The molecule has 0 radical (unpaired) electrons. The summed E-state index contributed by atoms with van der Waals surface area (Å²) < 4.78 is 30.6. The van der Waals surface area contributed by atoms with Crippen LogP contribution < -0.4 is 0 Å². The van der Waals surface area contributed by atoms with Gasteiger partial charge in [0.05, 0.1) is 11.4 Å². The molecule has 19 heavy (non-hydrogen) atoms. The predicted octanol–water partition coefficient (Wildman–Crippen LogP) is 3.78. The number of hydrogen-bond acceptors (Lipinski definition) is 3. The van der Waals surface area contributed by atoms with E-state index >= 15 is 0 Å². The molecule has 0 atom stereocenters. The fourth-order valence-electron chi connectivity index (χ4n) is 1.86. The molecule has 5 heteroatoms. The smallest absolute Gasteiger partial charge is 0.287 e. The highest BCUT2D eigenvalue weighted by molar-refractivity contribution is 6.30. The van der Waals surface area contributed by atoms with Crippen molar-refractivity contribution in [2.45, 2.75) is 33.2 Å². The van der Waals surface area contributed by atoms with Crippen molar-refractivity contribution in [3.8, 4) is 0 Å². The zero-order valence-corrected chi connectivity index (χ0v) is 12.3. The fraction of sp³-hybridized carbons (Fsp3) is 0.571. The SMILES string of the molecule is CCOC(Cc1cccc(Cl)c1F)(OCC)OCC. The van der Waals surface area contributed by atoms with Gasteiger partial charge >= 0.3 is 0 Å². The minimum absolute atomic E-state index is 0.0795. The van der Waals surface area contributed by atoms with Gasteiger partial charge in [0.1, 0.15) is 5.82 Å². The Morgan fingerprint density at radius 3 is 2.05 bits per heavy atom. The van der Waals surface area contributed by atoms with E-state index < -0.39 is 11.8 Å². The van der Waals surface area contributed by atoms with Crippen LogP contribution in [0.4, 0.5) is 4.39 Å². The molecule has 0 aliphatic carbocycles. The normalized spacial score (nSPS) is 11.8. The molecule has 1 aromatic carbocycles. The van der Waals surface area contributed by atoms with Crippen molar-refractivity contribution in [3.05, 3.63) is 34.6 Å². The molecule has 0 fully saturated rings. The van der Waals surface area contributed by atoms with Crippen molar-refractivity contribution < 1.29 is 18.6 Å². The summed E-state index contributed by atoms with van der Waals surface area (Å²) in [7, 11) is 0. The maximum absolute atomic E-state index is 14.0. The molecule has 0 bridgehead atoms. The summed E-state index contributed by atoms with van der Waals surface area (Å²) in [4.78, 5) is 0. The Morgan fingerprint density at radius 2 is 1.58 bits per heavy atom. The molecule has 0 spiro atoms. The Labute approximate surface area is 118 Å². The topological polar surface area (TPSA) is 27.7 Å². The number of ether oxygens (including phenoxy) is 3. The standard InChI is InChI=1S/C14H20ClFO3/c1-4-17-14(18-5-2,19-6-3)10-11-8-7-9-12(15)13(11)16/h7-9H,4-6,10H2,1-3H3. The first kappa shape index (κ1) is 16.4. The van der Waals surface area contributed by atoms with E-state index in [1.807, 2.05) is 20.8 Å². The Hall–Kier alpha value is -0.680. The third-order valence-electron chi connectivity index (χ3n) is 2.53. The molecule has 0 saturated carbocycles. The highest BCUT2D eigenvalue weighted by atomic mass is 35.5. The molecular formula is C14H20ClFO3. The quantitative estimate of drug-likeness (QED) is 0.682. The maximum atomic E-state index is 14.0. The summed E-state index contributed by atoms with van der Waals surface area (Å²) in [6, 6.07) is 4.84. The number of hydrogen-bond donors (Lipinski definition) is 0. The third kappa shape index (κ3) is 4.42. The van der Waals surface area contributed by atoms with Crippen LogP contribution in [0.2, 0.25) is 5.02 Å². The minimum Gasteiger partial charge on any atom is -0.327 e. The van der Waals surface area contributed by atoms with Crippen LogP contribution in [0.15, 0.2) is 18.2 Å². The lowest BCUT2D eigenvalue weighted by Gasteiger charge is -2.32. The van der Waals surface area contributed by atoms with Gasteiger partial charge in [-0.25, -0.2) is 4.39 Å². The minimum atomic E-state index is -1.26. The van der Waals surface area contributed by atoms with E-state index in [1.165, 1.54) is 6.07 Å². The molecule has 0 heterocycles. The van der Waals surface area contributed by atoms with Crippen LogP contribution in [0.1, 0.15) is 26.3 Å². The van der Waals surface area contributed by atoms with Gasteiger partial charge in [0.15, 0.2) is 0 Å². The van der Waals surface area contributed by atoms with E-state index in [1.54, 1.807) is 12.1 Å². The molecule has 1 aromatic rings. The summed E-state index contributed by atoms with van der Waals surface area (Å²) in [5, 5.41) is 0.0795. The van der Waals surface area contributed by atoms with Gasteiger partial charge in [0, 0.05) is 19.8 Å². The average molecular weight is 291 g/mol. The van der Waals surface area contributed by atoms with Crippen LogP contribution in [0.25, 0.3) is 0 Å². The zero-order valence-electron chi connectivity index (χ0n) is 11.5. The lowest BCUT2D eigenvalue weighted by Crippen LogP contribution is -2.42. The second-order valence-electron chi connectivity index (χ2n) is 3.87. The Bertz CT molecular complexity index is 381. The van der Waals surface area contributed by atoms with Gasteiger partial charge in [-0.05, 0) is 32.4 Å². The lowest BCUT2D eigenvalue weighted by atomic mass is 10.1. The van der Waals surface area contributed by atoms with Crippen LogP contribution in [-0.2, 0) is 20.6 Å². The molecule has 0 N–H and O–H groups in total. The van der Waals surface area contributed by atoms with Gasteiger partial charge < -0.3 is 14.2 Å². The Kier molecular flexibility index (Phi) is 6.72. The van der Waals surface area contributed by atoms with Crippen LogP contribution in [0, 0.1) is 5.82 Å². The highest BCUT2D eigenvalue weighted by Gasteiger charge is 2.34. The molecule has 0 saturated heterocycles. The fourth-order valence-corrected chi connectivity index (χ4v) is 2.05. The van der Waals surface area contributed by atoms with Crippen molar-refractivity contribution in [3.63, 3.8) is 0 Å². The highest BCUT2D eigenvalue weighted by Crippen LogP contribution is 2.26. The molecule has 0 unspecified atom stereocenters. The summed E-state index contributed by atoms with van der Waals surface area (Å²) in [6.45, 7) is 6.72. The first-order valence-corrected chi connectivity index (χ1v) is 6.81. The summed E-state index contributed by atoms with van der Waals surface area (Å²) in [6.07, 6.45) is 0.148. The van der Waals surface area contributed by atoms with E-state index in [0.29, 0.717) is 25.4 Å². The van der Waals surface area contributed by atoms with Gasteiger partial charge in [-0.1, -0.05) is 23.7 Å². The van der Waals surface area contributed by atoms with E-state index in [2.05, 4.69) is 0 Å². The monoisotopic (exact) mass is 290 g/mol. The summed E-state index contributed by atoms with van der Waals surface area (Å²) in [5.74, 6) is -1.73. The summed E-state index contributed by atoms with van der Waals surface area (Å²) >= 11 is 5.78. The van der Waals surface area contributed by atoms with Crippen molar-refractivity contribution in [1.29, 1.82) is 0 Å². The van der Waals surface area contributed by atoms with Gasteiger partial charge in [0.2, 0.25) is 0 Å². The van der Waals surface area contributed by atoms with Crippen LogP contribution in [-0.4, -0.2) is 25.8 Å². The maximum Gasteiger partial charge on any atom is 0.287 e. The van der Waals surface area contributed by atoms with Gasteiger partial charge in [-0.15, -0.1) is 0 Å². The molecule has 108 valence electrons. The molecule has 0 aliphatic heterocycles. The van der Waals surface area contributed by atoms with Gasteiger partial charge in [-0.3, -0.25) is 0 Å². The second-order valence-corrected chi connectivity index (χ2v) is 4.28. The molecule has 3 nitrogen and oxygen atoms in total. The van der Waals surface area contributed by atoms with E-state index in [0.717, 1.165) is 0 Å².